The molecule has 108 valence electrons. The Hall–Kier alpha value is -1.28. The van der Waals surface area contributed by atoms with Crippen molar-refractivity contribution in [3.63, 3.8) is 0 Å². The molecule has 0 amide bonds. The van der Waals surface area contributed by atoms with Crippen molar-refractivity contribution >= 4 is 0 Å². The maximum atomic E-state index is 6.26. The number of hydrogen-bond donors (Lipinski definition) is 0. The number of benzene rings is 1. The molecule has 2 nitrogen and oxygen atoms in total. The molecule has 2 aliphatic rings. The SMILES string of the molecule is COc1ccccc1[C@H]1OC[C@@H]2[C@@H](C)[C@H]1C(C)=C[C@H]2C. The van der Waals surface area contributed by atoms with E-state index in [1.165, 1.54) is 11.1 Å². The van der Waals surface area contributed by atoms with E-state index in [2.05, 4.69) is 39.0 Å². The quantitative estimate of drug-likeness (QED) is 0.750. The van der Waals surface area contributed by atoms with E-state index in [1.54, 1.807) is 7.11 Å². The second-order valence-corrected chi connectivity index (χ2v) is 6.31. The van der Waals surface area contributed by atoms with Gasteiger partial charge in [0, 0.05) is 11.5 Å². The van der Waals surface area contributed by atoms with Crippen molar-refractivity contribution in [1.82, 2.24) is 0 Å². The second kappa shape index (κ2) is 5.25. The third-order valence-electron chi connectivity index (χ3n) is 5.21. The Kier molecular flexibility index (Phi) is 3.59. The lowest BCUT2D eigenvalue weighted by atomic mass is 9.64. The Bertz CT molecular complexity index is 520. The molecule has 0 aromatic heterocycles. The minimum Gasteiger partial charge on any atom is -0.496 e. The zero-order valence-electron chi connectivity index (χ0n) is 12.8. The predicted octanol–water partition coefficient (Wildman–Crippen LogP) is 4.23. The Morgan fingerprint density at radius 3 is 2.70 bits per heavy atom. The molecule has 20 heavy (non-hydrogen) atoms. The van der Waals surface area contributed by atoms with Crippen molar-refractivity contribution in [3.05, 3.63) is 41.5 Å². The highest BCUT2D eigenvalue weighted by Crippen LogP contribution is 2.50. The lowest BCUT2D eigenvalue weighted by Crippen LogP contribution is -2.42. The lowest BCUT2D eigenvalue weighted by Gasteiger charge is -2.47. The highest BCUT2D eigenvalue weighted by atomic mass is 16.5. The highest BCUT2D eigenvalue weighted by Gasteiger charge is 2.44. The number of fused-ring (bicyclic) bond motifs is 2. The first kappa shape index (κ1) is 13.7. The van der Waals surface area contributed by atoms with Crippen molar-refractivity contribution in [1.29, 1.82) is 0 Å². The first-order chi connectivity index (χ1) is 9.63. The standard InChI is InChI=1S/C18H24O2/c1-11-9-12(2)17-13(3)15(11)10-20-18(17)14-7-5-6-8-16(14)19-4/h5-9,11,13,15,17-18H,10H2,1-4H3/t11-,13-,15+,17-,18-/m1/s1. The molecule has 2 heteroatoms. The normalized spacial score (nSPS) is 36.4. The third kappa shape index (κ3) is 2.07. The van der Waals surface area contributed by atoms with Crippen molar-refractivity contribution in [2.75, 3.05) is 13.7 Å². The van der Waals surface area contributed by atoms with Crippen molar-refractivity contribution in [2.45, 2.75) is 26.9 Å². The van der Waals surface area contributed by atoms with Crippen LogP contribution in [0.2, 0.25) is 0 Å². The molecule has 2 bridgehead atoms. The molecule has 0 saturated carbocycles. The van der Waals surface area contributed by atoms with Gasteiger partial charge in [0.2, 0.25) is 0 Å². The second-order valence-electron chi connectivity index (χ2n) is 6.31. The van der Waals surface area contributed by atoms with Crippen molar-refractivity contribution in [3.8, 4) is 5.75 Å². The van der Waals surface area contributed by atoms with Crippen LogP contribution in [-0.2, 0) is 4.74 Å². The number of allylic oxidation sites excluding steroid dienone is 1. The molecule has 1 aliphatic carbocycles. The van der Waals surface area contributed by atoms with Gasteiger partial charge in [-0.15, -0.1) is 0 Å². The van der Waals surface area contributed by atoms with Gasteiger partial charge in [0.1, 0.15) is 5.75 Å². The molecule has 0 spiro atoms. The molecule has 0 radical (unpaired) electrons. The van der Waals surface area contributed by atoms with Gasteiger partial charge in [0.15, 0.2) is 0 Å². The molecule has 1 heterocycles. The highest BCUT2D eigenvalue weighted by molar-refractivity contribution is 5.37. The van der Waals surface area contributed by atoms with E-state index in [1.807, 2.05) is 12.1 Å². The van der Waals surface area contributed by atoms with E-state index in [4.69, 9.17) is 9.47 Å². The summed E-state index contributed by atoms with van der Waals surface area (Å²) in [5, 5.41) is 0. The fourth-order valence-corrected chi connectivity index (χ4v) is 4.13. The molecule has 0 N–H and O–H groups in total. The minimum atomic E-state index is 0.126. The summed E-state index contributed by atoms with van der Waals surface area (Å²) in [5.41, 5.74) is 2.66. The monoisotopic (exact) mass is 272 g/mol. The number of rotatable bonds is 2. The third-order valence-corrected chi connectivity index (χ3v) is 5.21. The van der Waals surface area contributed by atoms with Crippen LogP contribution in [0.3, 0.4) is 0 Å². The maximum Gasteiger partial charge on any atom is 0.124 e. The average Bonchev–Trinajstić information content (AvgIpc) is 2.44. The van der Waals surface area contributed by atoms with Crippen LogP contribution in [0.25, 0.3) is 0 Å². The molecule has 1 saturated heterocycles. The van der Waals surface area contributed by atoms with E-state index in [9.17, 15) is 0 Å². The van der Waals surface area contributed by atoms with Crippen molar-refractivity contribution in [2.24, 2.45) is 23.7 Å². The first-order valence-electron chi connectivity index (χ1n) is 7.56. The van der Waals surface area contributed by atoms with Gasteiger partial charge in [-0.25, -0.2) is 0 Å². The van der Waals surface area contributed by atoms with Gasteiger partial charge in [0.05, 0.1) is 19.8 Å². The van der Waals surface area contributed by atoms with Crippen LogP contribution in [-0.4, -0.2) is 13.7 Å². The molecule has 1 aromatic rings. The molecule has 0 unspecified atom stereocenters. The Morgan fingerprint density at radius 1 is 1.20 bits per heavy atom. The average molecular weight is 272 g/mol. The number of para-hydroxylation sites is 1. The summed E-state index contributed by atoms with van der Waals surface area (Å²) in [6.07, 6.45) is 2.57. The summed E-state index contributed by atoms with van der Waals surface area (Å²) in [6.45, 7) is 7.80. The molecular weight excluding hydrogens is 248 g/mol. The van der Waals surface area contributed by atoms with Crippen molar-refractivity contribution < 1.29 is 9.47 Å². The fourth-order valence-electron chi connectivity index (χ4n) is 4.13. The summed E-state index contributed by atoms with van der Waals surface area (Å²) >= 11 is 0. The largest absolute Gasteiger partial charge is 0.496 e. The number of ether oxygens (including phenoxy) is 2. The number of hydrogen-bond acceptors (Lipinski definition) is 2. The van der Waals surface area contributed by atoms with Crippen LogP contribution in [0, 0.1) is 23.7 Å². The molecule has 1 aliphatic heterocycles. The summed E-state index contributed by atoms with van der Waals surface area (Å²) in [4.78, 5) is 0. The van der Waals surface area contributed by atoms with E-state index in [0.717, 1.165) is 12.4 Å². The van der Waals surface area contributed by atoms with Gasteiger partial charge in [-0.3, -0.25) is 0 Å². The molecular formula is C18H24O2. The van der Waals surface area contributed by atoms with E-state index >= 15 is 0 Å². The predicted molar refractivity (Wildman–Crippen MR) is 80.8 cm³/mol. The van der Waals surface area contributed by atoms with E-state index in [-0.39, 0.29) is 6.10 Å². The van der Waals surface area contributed by atoms with Gasteiger partial charge in [-0.05, 0) is 30.7 Å². The number of methoxy groups -OCH3 is 1. The lowest BCUT2D eigenvalue weighted by molar-refractivity contribution is -0.0941. The summed E-state index contributed by atoms with van der Waals surface area (Å²) in [5.74, 6) is 3.35. The van der Waals surface area contributed by atoms with Crippen LogP contribution in [0.4, 0.5) is 0 Å². The Balaban J connectivity index is 2.01. The molecule has 1 fully saturated rings. The molecule has 1 aromatic carbocycles. The van der Waals surface area contributed by atoms with E-state index < -0.39 is 0 Å². The van der Waals surface area contributed by atoms with Gasteiger partial charge in [0.25, 0.3) is 0 Å². The van der Waals surface area contributed by atoms with Crippen LogP contribution in [0.15, 0.2) is 35.9 Å². The van der Waals surface area contributed by atoms with Crippen LogP contribution >= 0.6 is 0 Å². The Morgan fingerprint density at radius 2 is 1.95 bits per heavy atom. The van der Waals surface area contributed by atoms with E-state index in [0.29, 0.717) is 23.7 Å². The zero-order valence-corrected chi connectivity index (χ0v) is 12.8. The van der Waals surface area contributed by atoms with Gasteiger partial charge in [-0.2, -0.15) is 0 Å². The molecule has 3 rings (SSSR count). The van der Waals surface area contributed by atoms with Crippen LogP contribution in [0.1, 0.15) is 32.4 Å². The summed E-state index contributed by atoms with van der Waals surface area (Å²) in [7, 11) is 1.74. The minimum absolute atomic E-state index is 0.126. The smallest absolute Gasteiger partial charge is 0.124 e. The maximum absolute atomic E-state index is 6.26. The molecule has 5 atom stereocenters. The fraction of sp³-hybridized carbons (Fsp3) is 0.556. The Labute approximate surface area is 121 Å². The van der Waals surface area contributed by atoms with Gasteiger partial charge in [-0.1, -0.05) is 43.7 Å². The first-order valence-corrected chi connectivity index (χ1v) is 7.56. The van der Waals surface area contributed by atoms with Crippen LogP contribution < -0.4 is 4.74 Å². The summed E-state index contributed by atoms with van der Waals surface area (Å²) < 4.78 is 11.8. The summed E-state index contributed by atoms with van der Waals surface area (Å²) in [6, 6.07) is 8.26. The zero-order chi connectivity index (χ0) is 14.3. The van der Waals surface area contributed by atoms with Gasteiger partial charge < -0.3 is 9.47 Å². The topological polar surface area (TPSA) is 18.5 Å². The van der Waals surface area contributed by atoms with Crippen LogP contribution in [0.5, 0.6) is 5.75 Å². The van der Waals surface area contributed by atoms with Gasteiger partial charge >= 0.3 is 0 Å².